The standard InChI is InChI=1S/C12H15NO2/c14-12(15)7-3-6-11-10-5-2-1-4-9(10)8-13-11/h1-2,4-5,11,13H,3,6-8H2,(H,14,15). The molecule has 2 rings (SSSR count). The number of hydrogen-bond donors (Lipinski definition) is 2. The minimum Gasteiger partial charge on any atom is -0.481 e. The van der Waals surface area contributed by atoms with E-state index in [4.69, 9.17) is 5.11 Å². The largest absolute Gasteiger partial charge is 0.481 e. The fourth-order valence-corrected chi connectivity index (χ4v) is 2.09. The van der Waals surface area contributed by atoms with Crippen LogP contribution in [0.2, 0.25) is 0 Å². The van der Waals surface area contributed by atoms with Crippen molar-refractivity contribution in [3.63, 3.8) is 0 Å². The summed E-state index contributed by atoms with van der Waals surface area (Å²) in [5, 5.41) is 12.0. The van der Waals surface area contributed by atoms with Crippen molar-refractivity contribution in [1.82, 2.24) is 5.32 Å². The van der Waals surface area contributed by atoms with Crippen LogP contribution in [-0.4, -0.2) is 11.1 Å². The van der Waals surface area contributed by atoms with Crippen LogP contribution in [0, 0.1) is 0 Å². The zero-order valence-electron chi connectivity index (χ0n) is 8.57. The Bertz CT molecular complexity index is 362. The Hall–Kier alpha value is -1.35. The molecule has 1 aromatic rings. The molecule has 3 nitrogen and oxygen atoms in total. The average Bonchev–Trinajstić information content (AvgIpc) is 2.62. The predicted molar refractivity (Wildman–Crippen MR) is 57.5 cm³/mol. The van der Waals surface area contributed by atoms with Gasteiger partial charge in [-0.2, -0.15) is 0 Å². The lowest BCUT2D eigenvalue weighted by atomic mass is 10.0. The molecular weight excluding hydrogens is 190 g/mol. The van der Waals surface area contributed by atoms with Crippen LogP contribution in [0.3, 0.4) is 0 Å². The summed E-state index contributed by atoms with van der Waals surface area (Å²) in [6, 6.07) is 8.68. The summed E-state index contributed by atoms with van der Waals surface area (Å²) in [5.41, 5.74) is 2.68. The summed E-state index contributed by atoms with van der Waals surface area (Å²) >= 11 is 0. The summed E-state index contributed by atoms with van der Waals surface area (Å²) in [4.78, 5) is 10.4. The number of nitrogens with one attached hydrogen (secondary N) is 1. The topological polar surface area (TPSA) is 49.3 Å². The number of carboxylic acid groups (broad SMARTS) is 1. The van der Waals surface area contributed by atoms with Gasteiger partial charge in [0.15, 0.2) is 0 Å². The second kappa shape index (κ2) is 4.45. The van der Waals surface area contributed by atoms with Crippen molar-refractivity contribution in [2.45, 2.75) is 31.8 Å². The highest BCUT2D eigenvalue weighted by Gasteiger charge is 2.20. The molecule has 0 aliphatic carbocycles. The molecule has 1 aliphatic rings. The molecule has 1 aliphatic heterocycles. The van der Waals surface area contributed by atoms with E-state index in [2.05, 4.69) is 17.4 Å². The second-order valence-electron chi connectivity index (χ2n) is 3.92. The molecule has 1 unspecified atom stereocenters. The van der Waals surface area contributed by atoms with Crippen LogP contribution in [0.15, 0.2) is 24.3 Å². The third kappa shape index (κ3) is 2.36. The molecule has 1 aromatic carbocycles. The van der Waals surface area contributed by atoms with Gasteiger partial charge in [-0.05, 0) is 24.0 Å². The van der Waals surface area contributed by atoms with Gasteiger partial charge in [-0.3, -0.25) is 4.79 Å². The Morgan fingerprint density at radius 1 is 1.47 bits per heavy atom. The first-order valence-corrected chi connectivity index (χ1v) is 5.30. The van der Waals surface area contributed by atoms with Gasteiger partial charge in [0.05, 0.1) is 0 Å². The van der Waals surface area contributed by atoms with Gasteiger partial charge < -0.3 is 10.4 Å². The third-order valence-electron chi connectivity index (χ3n) is 2.85. The highest BCUT2D eigenvalue weighted by Crippen LogP contribution is 2.28. The van der Waals surface area contributed by atoms with Gasteiger partial charge in [0.2, 0.25) is 0 Å². The van der Waals surface area contributed by atoms with E-state index in [9.17, 15) is 4.79 Å². The van der Waals surface area contributed by atoms with E-state index in [1.54, 1.807) is 0 Å². The zero-order valence-corrected chi connectivity index (χ0v) is 8.57. The van der Waals surface area contributed by atoms with Crippen molar-refractivity contribution in [2.24, 2.45) is 0 Å². The van der Waals surface area contributed by atoms with Crippen molar-refractivity contribution < 1.29 is 9.90 Å². The smallest absolute Gasteiger partial charge is 0.303 e. The highest BCUT2D eigenvalue weighted by molar-refractivity contribution is 5.66. The van der Waals surface area contributed by atoms with E-state index in [1.165, 1.54) is 11.1 Å². The molecule has 0 radical (unpaired) electrons. The van der Waals surface area contributed by atoms with Crippen molar-refractivity contribution in [2.75, 3.05) is 0 Å². The molecule has 0 saturated carbocycles. The van der Waals surface area contributed by atoms with Crippen LogP contribution in [0.5, 0.6) is 0 Å². The van der Waals surface area contributed by atoms with Crippen LogP contribution in [0.1, 0.15) is 36.4 Å². The minimum absolute atomic E-state index is 0.264. The third-order valence-corrected chi connectivity index (χ3v) is 2.85. The van der Waals surface area contributed by atoms with Crippen LogP contribution in [0.25, 0.3) is 0 Å². The van der Waals surface area contributed by atoms with E-state index < -0.39 is 5.97 Å². The zero-order chi connectivity index (χ0) is 10.7. The van der Waals surface area contributed by atoms with Crippen LogP contribution >= 0.6 is 0 Å². The maximum absolute atomic E-state index is 10.4. The molecule has 0 bridgehead atoms. The van der Waals surface area contributed by atoms with E-state index in [1.807, 2.05) is 12.1 Å². The number of aliphatic carboxylic acids is 1. The SMILES string of the molecule is O=C(O)CCCC1NCc2ccccc21. The number of fused-ring (bicyclic) bond motifs is 1. The van der Waals surface area contributed by atoms with Gasteiger partial charge in [0.25, 0.3) is 0 Å². The lowest BCUT2D eigenvalue weighted by molar-refractivity contribution is -0.137. The Morgan fingerprint density at radius 3 is 3.07 bits per heavy atom. The maximum Gasteiger partial charge on any atom is 0.303 e. The average molecular weight is 205 g/mol. The van der Waals surface area contributed by atoms with E-state index >= 15 is 0 Å². The second-order valence-corrected chi connectivity index (χ2v) is 3.92. The summed E-state index contributed by atoms with van der Waals surface area (Å²) in [6.45, 7) is 0.911. The van der Waals surface area contributed by atoms with E-state index in [0.29, 0.717) is 6.04 Å². The van der Waals surface area contributed by atoms with Crippen LogP contribution < -0.4 is 5.32 Å². The molecule has 3 heteroatoms. The van der Waals surface area contributed by atoms with Gasteiger partial charge in [0.1, 0.15) is 0 Å². The van der Waals surface area contributed by atoms with Crippen LogP contribution in [0.4, 0.5) is 0 Å². The van der Waals surface area contributed by atoms with Crippen molar-refractivity contribution in [1.29, 1.82) is 0 Å². The Balaban J connectivity index is 1.93. The maximum atomic E-state index is 10.4. The monoisotopic (exact) mass is 205 g/mol. The van der Waals surface area contributed by atoms with E-state index in [0.717, 1.165) is 19.4 Å². The number of hydrogen-bond acceptors (Lipinski definition) is 2. The summed E-state index contributed by atoms with van der Waals surface area (Å²) in [6.07, 6.45) is 1.91. The molecule has 0 fully saturated rings. The van der Waals surface area contributed by atoms with Gasteiger partial charge in [-0.1, -0.05) is 24.3 Å². The number of benzene rings is 1. The lowest BCUT2D eigenvalue weighted by Gasteiger charge is -2.10. The van der Waals surface area contributed by atoms with Gasteiger partial charge in [0, 0.05) is 19.0 Å². The van der Waals surface area contributed by atoms with Crippen LogP contribution in [-0.2, 0) is 11.3 Å². The first kappa shape index (κ1) is 10.2. The summed E-state index contributed by atoms with van der Waals surface area (Å²) in [7, 11) is 0. The fraction of sp³-hybridized carbons (Fsp3) is 0.417. The Labute approximate surface area is 89.1 Å². The molecule has 1 heterocycles. The molecule has 1 atom stereocenters. The lowest BCUT2D eigenvalue weighted by Crippen LogP contribution is -2.12. The fourth-order valence-electron chi connectivity index (χ4n) is 2.09. The molecule has 0 spiro atoms. The molecular formula is C12H15NO2. The number of carboxylic acids is 1. The summed E-state index contributed by atoms with van der Waals surface area (Å²) in [5.74, 6) is -0.707. The highest BCUT2D eigenvalue weighted by atomic mass is 16.4. The quantitative estimate of drug-likeness (QED) is 0.791. The number of carbonyl (C=O) groups is 1. The summed E-state index contributed by atoms with van der Waals surface area (Å²) < 4.78 is 0. The van der Waals surface area contributed by atoms with Crippen molar-refractivity contribution in [3.05, 3.63) is 35.4 Å². The van der Waals surface area contributed by atoms with Crippen molar-refractivity contribution in [3.8, 4) is 0 Å². The van der Waals surface area contributed by atoms with Crippen molar-refractivity contribution >= 4 is 5.97 Å². The predicted octanol–water partition coefficient (Wildman–Crippen LogP) is 2.09. The van der Waals surface area contributed by atoms with Gasteiger partial charge in [-0.15, -0.1) is 0 Å². The molecule has 0 amide bonds. The molecule has 0 aromatic heterocycles. The molecule has 0 saturated heterocycles. The first-order chi connectivity index (χ1) is 7.27. The normalized spacial score (nSPS) is 18.8. The molecule has 15 heavy (non-hydrogen) atoms. The van der Waals surface area contributed by atoms with Gasteiger partial charge >= 0.3 is 5.97 Å². The van der Waals surface area contributed by atoms with E-state index in [-0.39, 0.29) is 6.42 Å². The first-order valence-electron chi connectivity index (χ1n) is 5.30. The van der Waals surface area contributed by atoms with Gasteiger partial charge in [-0.25, -0.2) is 0 Å². The Morgan fingerprint density at radius 2 is 2.27 bits per heavy atom. The molecule has 2 N–H and O–H groups in total. The Kier molecular flexibility index (Phi) is 3.02. The minimum atomic E-state index is -0.707. The number of rotatable bonds is 4. The molecule has 80 valence electrons.